The molecular weight excluding hydrogens is 291 g/mol. The van der Waals surface area contributed by atoms with Gasteiger partial charge in [-0.1, -0.05) is 29.8 Å². The summed E-state index contributed by atoms with van der Waals surface area (Å²) in [5, 5.41) is 18.7. The van der Waals surface area contributed by atoms with Crippen molar-refractivity contribution in [2.24, 2.45) is 0 Å². The van der Waals surface area contributed by atoms with Crippen LogP contribution in [0.4, 0.5) is 5.69 Å². The third-order valence-corrected chi connectivity index (χ3v) is 3.42. The number of nitro benzene ring substituents is 1. The first-order valence-electron chi connectivity index (χ1n) is 5.54. The van der Waals surface area contributed by atoms with E-state index in [0.717, 1.165) is 0 Å². The lowest BCUT2D eigenvalue weighted by molar-refractivity contribution is -0.384. The zero-order valence-corrected chi connectivity index (χ0v) is 11.5. The number of benzene rings is 1. The van der Waals surface area contributed by atoms with E-state index in [9.17, 15) is 10.1 Å². The predicted molar refractivity (Wildman–Crippen MR) is 71.9 cm³/mol. The normalized spacial score (nSPS) is 12.4. The number of hydrogen-bond acceptors (Lipinski definition) is 4. The molecule has 0 amide bonds. The lowest BCUT2D eigenvalue weighted by atomic mass is 10.2. The van der Waals surface area contributed by atoms with Crippen LogP contribution in [0.5, 0.6) is 0 Å². The van der Waals surface area contributed by atoms with Gasteiger partial charge in [-0.3, -0.25) is 10.1 Å². The molecule has 6 nitrogen and oxygen atoms in total. The minimum absolute atomic E-state index is 0.133. The van der Waals surface area contributed by atoms with E-state index in [1.807, 2.05) is 6.92 Å². The molecule has 0 spiro atoms. The lowest BCUT2D eigenvalue weighted by Gasteiger charge is -2.04. The highest BCUT2D eigenvalue weighted by Gasteiger charge is 2.21. The van der Waals surface area contributed by atoms with E-state index in [-0.39, 0.29) is 21.8 Å². The van der Waals surface area contributed by atoms with Crippen molar-refractivity contribution in [1.29, 1.82) is 0 Å². The Kier molecular flexibility index (Phi) is 4.01. The third kappa shape index (κ3) is 2.69. The van der Waals surface area contributed by atoms with Crippen LogP contribution in [0.3, 0.4) is 0 Å². The second-order valence-electron chi connectivity index (χ2n) is 3.83. The molecule has 1 heterocycles. The third-order valence-electron chi connectivity index (χ3n) is 2.58. The van der Waals surface area contributed by atoms with Crippen LogP contribution in [0, 0.1) is 10.1 Å². The molecule has 2 aromatic rings. The summed E-state index contributed by atoms with van der Waals surface area (Å²) in [7, 11) is 0. The molecule has 0 aliphatic carbocycles. The monoisotopic (exact) mass is 300 g/mol. The van der Waals surface area contributed by atoms with Gasteiger partial charge < -0.3 is 0 Å². The first kappa shape index (κ1) is 13.8. The molecule has 1 aromatic carbocycles. The van der Waals surface area contributed by atoms with E-state index in [2.05, 4.69) is 10.3 Å². The average Bonchev–Trinajstić information content (AvgIpc) is 2.86. The van der Waals surface area contributed by atoms with E-state index in [1.165, 1.54) is 16.8 Å². The van der Waals surface area contributed by atoms with Crippen LogP contribution in [0.2, 0.25) is 5.02 Å². The molecule has 0 aliphatic heterocycles. The van der Waals surface area contributed by atoms with Crippen molar-refractivity contribution < 1.29 is 4.92 Å². The smallest absolute Gasteiger partial charge is 0.258 e. The molecule has 100 valence electrons. The molecule has 1 aromatic heterocycles. The van der Waals surface area contributed by atoms with Crippen molar-refractivity contribution in [1.82, 2.24) is 15.0 Å². The zero-order chi connectivity index (χ0) is 14.0. The molecule has 0 bridgehead atoms. The number of nitrogens with zero attached hydrogens (tertiary/aromatic N) is 4. The van der Waals surface area contributed by atoms with Crippen LogP contribution in [0.25, 0.3) is 5.69 Å². The van der Waals surface area contributed by atoms with Crippen LogP contribution >= 0.6 is 23.2 Å². The summed E-state index contributed by atoms with van der Waals surface area (Å²) in [6.07, 6.45) is 2.24. The van der Waals surface area contributed by atoms with E-state index < -0.39 is 4.92 Å². The van der Waals surface area contributed by atoms with Crippen LogP contribution in [0.15, 0.2) is 24.4 Å². The fourth-order valence-corrected chi connectivity index (χ4v) is 1.97. The van der Waals surface area contributed by atoms with Gasteiger partial charge in [0.25, 0.3) is 5.69 Å². The summed E-state index contributed by atoms with van der Waals surface area (Å²) < 4.78 is 1.28. The van der Waals surface area contributed by atoms with Crippen molar-refractivity contribution in [2.45, 2.75) is 18.7 Å². The number of aromatic nitrogens is 3. The van der Waals surface area contributed by atoms with E-state index in [0.29, 0.717) is 12.1 Å². The molecule has 1 atom stereocenters. The van der Waals surface area contributed by atoms with Gasteiger partial charge in [0.15, 0.2) is 5.69 Å². The van der Waals surface area contributed by atoms with Gasteiger partial charge in [-0.25, -0.2) is 4.68 Å². The van der Waals surface area contributed by atoms with Gasteiger partial charge >= 0.3 is 0 Å². The largest absolute Gasteiger partial charge is 0.296 e. The van der Waals surface area contributed by atoms with Gasteiger partial charge in [0, 0.05) is 6.07 Å². The second kappa shape index (κ2) is 5.54. The molecule has 0 N–H and O–H groups in total. The number of rotatable bonds is 4. The van der Waals surface area contributed by atoms with Gasteiger partial charge in [0.2, 0.25) is 0 Å². The fraction of sp³-hybridized carbons (Fsp3) is 0.273. The van der Waals surface area contributed by atoms with Gasteiger partial charge in [-0.2, -0.15) is 0 Å². The number of para-hydroxylation sites is 1. The minimum atomic E-state index is -0.513. The molecule has 0 saturated carbocycles. The van der Waals surface area contributed by atoms with Crippen molar-refractivity contribution >= 4 is 28.9 Å². The standard InChI is InChI=1S/C11H10Cl2N4O2/c1-2-7(12)9-6-16(15-14-9)11-8(13)4-3-5-10(11)17(18)19/h3-7H,2H2,1H3. The van der Waals surface area contributed by atoms with Crippen molar-refractivity contribution in [3.8, 4) is 5.69 Å². The predicted octanol–water partition coefficient (Wildman–Crippen LogP) is 3.52. The van der Waals surface area contributed by atoms with Gasteiger partial charge in [0.1, 0.15) is 5.69 Å². The molecule has 0 fully saturated rings. The van der Waals surface area contributed by atoms with E-state index in [1.54, 1.807) is 12.3 Å². The number of hydrogen-bond donors (Lipinski definition) is 0. The maximum atomic E-state index is 11.0. The van der Waals surface area contributed by atoms with Crippen molar-refractivity contribution in [3.05, 3.63) is 45.2 Å². The van der Waals surface area contributed by atoms with Crippen LogP contribution < -0.4 is 0 Å². The van der Waals surface area contributed by atoms with Gasteiger partial charge in [-0.05, 0) is 12.5 Å². The van der Waals surface area contributed by atoms with Gasteiger partial charge in [-0.15, -0.1) is 16.7 Å². The van der Waals surface area contributed by atoms with E-state index >= 15 is 0 Å². The molecule has 0 radical (unpaired) electrons. The Morgan fingerprint density at radius 1 is 1.53 bits per heavy atom. The van der Waals surface area contributed by atoms with Crippen molar-refractivity contribution in [2.75, 3.05) is 0 Å². The molecule has 19 heavy (non-hydrogen) atoms. The SMILES string of the molecule is CCC(Cl)c1cn(-c2c(Cl)cccc2[N+](=O)[O-])nn1. The number of alkyl halides is 1. The summed E-state index contributed by atoms with van der Waals surface area (Å²) in [6.45, 7) is 1.91. The highest BCUT2D eigenvalue weighted by molar-refractivity contribution is 6.32. The Morgan fingerprint density at radius 2 is 2.26 bits per heavy atom. The average molecular weight is 301 g/mol. The highest BCUT2D eigenvalue weighted by Crippen LogP contribution is 2.30. The minimum Gasteiger partial charge on any atom is -0.258 e. The quantitative estimate of drug-likeness (QED) is 0.492. The fourth-order valence-electron chi connectivity index (χ4n) is 1.62. The molecule has 8 heteroatoms. The van der Waals surface area contributed by atoms with Crippen LogP contribution in [-0.4, -0.2) is 19.9 Å². The summed E-state index contributed by atoms with van der Waals surface area (Å²) in [4.78, 5) is 10.5. The Hall–Kier alpha value is -1.66. The molecule has 2 rings (SSSR count). The summed E-state index contributed by atoms with van der Waals surface area (Å²) in [5.74, 6) is 0. The molecule has 1 unspecified atom stereocenters. The Morgan fingerprint density at radius 3 is 2.89 bits per heavy atom. The maximum absolute atomic E-state index is 11.0. The maximum Gasteiger partial charge on any atom is 0.296 e. The number of nitro groups is 1. The molecule has 0 aliphatic rings. The van der Waals surface area contributed by atoms with Crippen LogP contribution in [-0.2, 0) is 0 Å². The Bertz CT molecular complexity index is 614. The first-order valence-corrected chi connectivity index (χ1v) is 6.35. The second-order valence-corrected chi connectivity index (χ2v) is 4.76. The Labute approximate surface area is 119 Å². The topological polar surface area (TPSA) is 73.8 Å². The molecular formula is C11H10Cl2N4O2. The van der Waals surface area contributed by atoms with E-state index in [4.69, 9.17) is 23.2 Å². The number of halogens is 2. The zero-order valence-electron chi connectivity index (χ0n) is 9.96. The summed E-state index contributed by atoms with van der Waals surface area (Å²) >= 11 is 12.1. The van der Waals surface area contributed by atoms with Crippen molar-refractivity contribution in [3.63, 3.8) is 0 Å². The molecule has 0 saturated heterocycles. The first-order chi connectivity index (χ1) is 9.04. The Balaban J connectivity index is 2.53. The highest BCUT2D eigenvalue weighted by atomic mass is 35.5. The summed E-state index contributed by atoms with van der Waals surface area (Å²) in [5.41, 5.74) is 0.609. The lowest BCUT2D eigenvalue weighted by Crippen LogP contribution is -2.01. The van der Waals surface area contributed by atoms with Crippen LogP contribution in [0.1, 0.15) is 24.4 Å². The van der Waals surface area contributed by atoms with Gasteiger partial charge in [0.05, 0.1) is 21.5 Å². The summed E-state index contributed by atoms with van der Waals surface area (Å²) in [6, 6.07) is 4.43.